The third-order valence-electron chi connectivity index (χ3n) is 3.56. The van der Waals surface area contributed by atoms with Gasteiger partial charge in [0.1, 0.15) is 5.01 Å². The van der Waals surface area contributed by atoms with Gasteiger partial charge in [-0.1, -0.05) is 36.4 Å². The van der Waals surface area contributed by atoms with E-state index in [-0.39, 0.29) is 5.91 Å². The van der Waals surface area contributed by atoms with Crippen LogP contribution in [-0.2, 0) is 22.7 Å². The van der Waals surface area contributed by atoms with Crippen LogP contribution < -0.4 is 5.32 Å². The minimum atomic E-state index is -0.138. The summed E-state index contributed by atoms with van der Waals surface area (Å²) < 4.78 is 6.29. The third-order valence-corrected chi connectivity index (χ3v) is 4.56. The molecule has 0 aliphatic carbocycles. The van der Waals surface area contributed by atoms with Gasteiger partial charge in [0.2, 0.25) is 5.91 Å². The van der Waals surface area contributed by atoms with Crippen molar-refractivity contribution < 1.29 is 9.53 Å². The van der Waals surface area contributed by atoms with Crippen molar-refractivity contribution in [2.75, 3.05) is 7.11 Å². The maximum absolute atomic E-state index is 12.0. The molecule has 1 N–H and O–H groups in total. The summed E-state index contributed by atoms with van der Waals surface area (Å²) in [4.78, 5) is 16.5. The molecule has 0 aliphatic heterocycles. The highest BCUT2D eigenvalue weighted by Crippen LogP contribution is 2.22. The molecule has 1 aromatic heterocycles. The van der Waals surface area contributed by atoms with Crippen molar-refractivity contribution in [2.24, 2.45) is 0 Å². The maximum atomic E-state index is 12.0. The van der Waals surface area contributed by atoms with Crippen LogP contribution in [0.4, 0.5) is 0 Å². The zero-order valence-corrected chi connectivity index (χ0v) is 14.2. The Morgan fingerprint density at radius 2 is 1.92 bits per heavy atom. The van der Waals surface area contributed by atoms with E-state index >= 15 is 0 Å². The molecule has 5 heteroatoms. The molecule has 0 bridgehead atoms. The van der Waals surface area contributed by atoms with E-state index in [1.54, 1.807) is 24.5 Å². The number of para-hydroxylation sites is 1. The zero-order valence-electron chi connectivity index (χ0n) is 13.4. The molecule has 2 aromatic carbocycles. The summed E-state index contributed by atoms with van der Waals surface area (Å²) in [5.41, 5.74) is 3.09. The van der Waals surface area contributed by atoms with E-state index in [1.807, 2.05) is 48.5 Å². The SMILES string of the molecule is COCc1ccccc1CNC(=O)C=Cc1nc2ccccc2s1. The average molecular weight is 338 g/mol. The number of thiazole rings is 1. The van der Waals surface area contributed by atoms with Gasteiger partial charge in [-0.3, -0.25) is 4.79 Å². The lowest BCUT2D eigenvalue weighted by Gasteiger charge is -2.08. The molecule has 1 heterocycles. The first-order chi connectivity index (χ1) is 11.8. The van der Waals surface area contributed by atoms with E-state index in [2.05, 4.69) is 10.3 Å². The highest BCUT2D eigenvalue weighted by Gasteiger charge is 2.04. The molecule has 122 valence electrons. The first kappa shape index (κ1) is 16.4. The van der Waals surface area contributed by atoms with Gasteiger partial charge in [0.15, 0.2) is 0 Å². The Balaban J connectivity index is 1.61. The predicted octanol–water partition coefficient (Wildman–Crippen LogP) is 3.77. The molecule has 0 atom stereocenters. The standard InChI is InChI=1S/C19H18N2O2S/c1-23-13-15-7-3-2-6-14(15)12-20-18(22)10-11-19-21-16-8-4-5-9-17(16)24-19/h2-11H,12-13H2,1H3,(H,20,22). The van der Waals surface area contributed by atoms with Crippen LogP contribution in [0.3, 0.4) is 0 Å². The highest BCUT2D eigenvalue weighted by molar-refractivity contribution is 7.19. The quantitative estimate of drug-likeness (QED) is 0.696. The smallest absolute Gasteiger partial charge is 0.244 e. The number of nitrogens with zero attached hydrogens (tertiary/aromatic N) is 1. The second-order valence-corrected chi connectivity index (χ2v) is 6.33. The molecular formula is C19H18N2O2S. The number of aromatic nitrogens is 1. The molecule has 0 fully saturated rings. The van der Waals surface area contributed by atoms with E-state index in [1.165, 1.54) is 6.08 Å². The number of ether oxygens (including phenoxy) is 1. The average Bonchev–Trinajstić information content (AvgIpc) is 3.02. The Labute approximate surface area is 144 Å². The summed E-state index contributed by atoms with van der Waals surface area (Å²) in [5.74, 6) is -0.138. The Bertz CT molecular complexity index is 837. The second kappa shape index (κ2) is 7.86. The molecule has 0 saturated carbocycles. The van der Waals surface area contributed by atoms with Crippen molar-refractivity contribution in [3.63, 3.8) is 0 Å². The summed E-state index contributed by atoms with van der Waals surface area (Å²) >= 11 is 1.57. The lowest BCUT2D eigenvalue weighted by atomic mass is 10.1. The van der Waals surface area contributed by atoms with Crippen LogP contribution in [-0.4, -0.2) is 18.0 Å². The third kappa shape index (κ3) is 4.07. The van der Waals surface area contributed by atoms with Crippen LogP contribution in [0, 0.1) is 0 Å². The molecule has 24 heavy (non-hydrogen) atoms. The molecule has 0 spiro atoms. The monoisotopic (exact) mass is 338 g/mol. The number of hydrogen-bond acceptors (Lipinski definition) is 4. The highest BCUT2D eigenvalue weighted by atomic mass is 32.1. The molecule has 3 rings (SSSR count). The van der Waals surface area contributed by atoms with Gasteiger partial charge in [-0.15, -0.1) is 11.3 Å². The number of rotatable bonds is 6. The van der Waals surface area contributed by atoms with E-state index in [0.29, 0.717) is 13.2 Å². The fourth-order valence-electron chi connectivity index (χ4n) is 2.38. The Hall–Kier alpha value is -2.50. The molecule has 1 amide bonds. The van der Waals surface area contributed by atoms with Crippen molar-refractivity contribution in [2.45, 2.75) is 13.2 Å². The van der Waals surface area contributed by atoms with Crippen molar-refractivity contribution in [1.82, 2.24) is 10.3 Å². The van der Waals surface area contributed by atoms with Crippen LogP contribution in [0.25, 0.3) is 16.3 Å². The van der Waals surface area contributed by atoms with Gasteiger partial charge in [-0.2, -0.15) is 0 Å². The van der Waals surface area contributed by atoms with Crippen LogP contribution in [0.15, 0.2) is 54.6 Å². The minimum absolute atomic E-state index is 0.138. The molecule has 0 aliphatic rings. The van der Waals surface area contributed by atoms with Crippen molar-refractivity contribution in [3.05, 3.63) is 70.7 Å². The Kier molecular flexibility index (Phi) is 5.36. The predicted molar refractivity (Wildman–Crippen MR) is 97.7 cm³/mol. The van der Waals surface area contributed by atoms with Crippen molar-refractivity contribution >= 4 is 33.5 Å². The van der Waals surface area contributed by atoms with Crippen molar-refractivity contribution in [3.8, 4) is 0 Å². The zero-order chi connectivity index (χ0) is 16.8. The van der Waals surface area contributed by atoms with Gasteiger partial charge in [0, 0.05) is 19.7 Å². The van der Waals surface area contributed by atoms with Gasteiger partial charge < -0.3 is 10.1 Å². The summed E-state index contributed by atoms with van der Waals surface area (Å²) in [7, 11) is 1.66. The lowest BCUT2D eigenvalue weighted by Crippen LogP contribution is -2.21. The van der Waals surface area contributed by atoms with Gasteiger partial charge >= 0.3 is 0 Å². The number of amides is 1. The van der Waals surface area contributed by atoms with Gasteiger partial charge in [-0.25, -0.2) is 4.98 Å². The number of carbonyl (C=O) groups is 1. The van der Waals surface area contributed by atoms with E-state index in [0.717, 1.165) is 26.4 Å². The van der Waals surface area contributed by atoms with E-state index in [9.17, 15) is 4.79 Å². The van der Waals surface area contributed by atoms with Crippen LogP contribution in [0.1, 0.15) is 16.1 Å². The largest absolute Gasteiger partial charge is 0.380 e. The van der Waals surface area contributed by atoms with E-state index < -0.39 is 0 Å². The second-order valence-electron chi connectivity index (χ2n) is 5.27. The fourth-order valence-corrected chi connectivity index (χ4v) is 3.25. The fraction of sp³-hybridized carbons (Fsp3) is 0.158. The molecular weight excluding hydrogens is 320 g/mol. The van der Waals surface area contributed by atoms with Crippen LogP contribution in [0.2, 0.25) is 0 Å². The number of fused-ring (bicyclic) bond motifs is 1. The molecule has 0 saturated heterocycles. The number of methoxy groups -OCH3 is 1. The Morgan fingerprint density at radius 3 is 2.71 bits per heavy atom. The summed E-state index contributed by atoms with van der Waals surface area (Å²) in [6.07, 6.45) is 3.28. The Morgan fingerprint density at radius 1 is 1.17 bits per heavy atom. The first-order valence-corrected chi connectivity index (χ1v) is 8.45. The number of hydrogen-bond donors (Lipinski definition) is 1. The first-order valence-electron chi connectivity index (χ1n) is 7.63. The molecule has 0 radical (unpaired) electrons. The summed E-state index contributed by atoms with van der Waals surface area (Å²) in [5, 5.41) is 3.72. The summed E-state index contributed by atoms with van der Waals surface area (Å²) in [6, 6.07) is 15.9. The lowest BCUT2D eigenvalue weighted by molar-refractivity contribution is -0.116. The molecule has 0 unspecified atom stereocenters. The molecule has 3 aromatic rings. The minimum Gasteiger partial charge on any atom is -0.380 e. The summed E-state index contributed by atoms with van der Waals surface area (Å²) in [6.45, 7) is 1.01. The van der Waals surface area contributed by atoms with Gasteiger partial charge in [-0.05, 0) is 29.3 Å². The van der Waals surface area contributed by atoms with Crippen molar-refractivity contribution in [1.29, 1.82) is 0 Å². The van der Waals surface area contributed by atoms with Crippen LogP contribution in [0.5, 0.6) is 0 Å². The van der Waals surface area contributed by atoms with Crippen LogP contribution >= 0.6 is 11.3 Å². The van der Waals surface area contributed by atoms with Gasteiger partial charge in [0.25, 0.3) is 0 Å². The maximum Gasteiger partial charge on any atom is 0.244 e. The molecule has 4 nitrogen and oxygen atoms in total. The van der Waals surface area contributed by atoms with E-state index in [4.69, 9.17) is 4.74 Å². The topological polar surface area (TPSA) is 51.2 Å². The number of carbonyl (C=O) groups excluding carboxylic acids is 1. The van der Waals surface area contributed by atoms with Gasteiger partial charge in [0.05, 0.1) is 16.8 Å². The normalized spacial score (nSPS) is 11.2. The number of benzene rings is 2. The number of nitrogens with one attached hydrogen (secondary N) is 1.